The van der Waals surface area contributed by atoms with Crippen molar-refractivity contribution in [2.75, 3.05) is 0 Å². The highest BCUT2D eigenvalue weighted by molar-refractivity contribution is 6.27. The standard InChI is InChI=1S/C24H26/c1-11-13(3)19-9-10-20-14(4)12(2)16(6)22-18(8)17(7)21(15(11)5)23(19)24(20)22/h9-10H,1-8H3. The molecule has 0 N–H and O–H groups in total. The van der Waals surface area contributed by atoms with Gasteiger partial charge in [0.1, 0.15) is 0 Å². The van der Waals surface area contributed by atoms with E-state index in [1.165, 1.54) is 76.8 Å². The maximum absolute atomic E-state index is 2.35. The van der Waals surface area contributed by atoms with E-state index in [1.54, 1.807) is 0 Å². The lowest BCUT2D eigenvalue weighted by Gasteiger charge is -2.24. The third kappa shape index (κ3) is 1.59. The predicted octanol–water partition coefficient (Wildman–Crippen LogP) is 7.05. The topological polar surface area (TPSA) is 0 Å². The lowest BCUT2D eigenvalue weighted by atomic mass is 9.80. The van der Waals surface area contributed by atoms with Crippen LogP contribution < -0.4 is 0 Å². The summed E-state index contributed by atoms with van der Waals surface area (Å²) in [7, 11) is 0. The van der Waals surface area contributed by atoms with Gasteiger partial charge in [-0.15, -0.1) is 0 Å². The molecule has 0 saturated heterocycles. The molecule has 4 rings (SSSR count). The maximum atomic E-state index is 2.35. The Morgan fingerprint density at radius 3 is 0.958 bits per heavy atom. The molecule has 0 aliphatic rings. The molecule has 0 radical (unpaired) electrons. The average Bonchev–Trinajstić information content (AvgIpc) is 2.56. The van der Waals surface area contributed by atoms with Crippen LogP contribution in [0.4, 0.5) is 0 Å². The van der Waals surface area contributed by atoms with Gasteiger partial charge in [-0.3, -0.25) is 0 Å². The van der Waals surface area contributed by atoms with E-state index in [2.05, 4.69) is 67.5 Å². The Hall–Kier alpha value is -2.08. The van der Waals surface area contributed by atoms with Crippen LogP contribution in [0.15, 0.2) is 12.1 Å². The first-order valence-electron chi connectivity index (χ1n) is 8.91. The number of benzene rings is 4. The van der Waals surface area contributed by atoms with Crippen molar-refractivity contribution < 1.29 is 0 Å². The average molecular weight is 314 g/mol. The molecular weight excluding hydrogens is 288 g/mol. The van der Waals surface area contributed by atoms with Crippen molar-refractivity contribution in [1.29, 1.82) is 0 Å². The quantitative estimate of drug-likeness (QED) is 0.305. The van der Waals surface area contributed by atoms with E-state index in [9.17, 15) is 0 Å². The molecule has 0 bridgehead atoms. The highest BCUT2D eigenvalue weighted by Crippen LogP contribution is 2.45. The first kappa shape index (κ1) is 15.4. The fourth-order valence-electron chi connectivity index (χ4n) is 4.78. The molecule has 122 valence electrons. The SMILES string of the molecule is Cc1c(C)c2ccc3c(C)c(C)c(C)c4c(C)c(C)c(c1C)c2c34. The minimum Gasteiger partial charge on any atom is -0.0534 e. The number of aryl methyl sites for hydroxylation is 6. The van der Waals surface area contributed by atoms with Crippen molar-refractivity contribution in [3.8, 4) is 0 Å². The van der Waals surface area contributed by atoms with Gasteiger partial charge in [0.05, 0.1) is 0 Å². The zero-order valence-corrected chi connectivity index (χ0v) is 16.2. The summed E-state index contributed by atoms with van der Waals surface area (Å²) in [5.41, 5.74) is 11.5. The molecule has 0 unspecified atom stereocenters. The van der Waals surface area contributed by atoms with Crippen LogP contribution in [0.5, 0.6) is 0 Å². The molecule has 4 aromatic carbocycles. The molecule has 4 aromatic rings. The fraction of sp³-hybridized carbons (Fsp3) is 0.333. The first-order valence-corrected chi connectivity index (χ1v) is 8.91. The van der Waals surface area contributed by atoms with Crippen LogP contribution in [0.1, 0.15) is 44.5 Å². The molecule has 0 nitrogen and oxygen atoms in total. The first-order chi connectivity index (χ1) is 11.3. The van der Waals surface area contributed by atoms with Gasteiger partial charge in [0.15, 0.2) is 0 Å². The minimum atomic E-state index is 1.43. The second-order valence-electron chi connectivity index (χ2n) is 7.66. The summed E-state index contributed by atoms with van der Waals surface area (Å²) in [4.78, 5) is 0. The second kappa shape index (κ2) is 4.72. The molecule has 0 saturated carbocycles. The smallest absolute Gasteiger partial charge is 0.00182 e. The third-order valence-corrected chi connectivity index (χ3v) is 6.83. The van der Waals surface area contributed by atoms with Gasteiger partial charge >= 0.3 is 0 Å². The van der Waals surface area contributed by atoms with Gasteiger partial charge in [-0.2, -0.15) is 0 Å². The molecule has 0 aliphatic heterocycles. The van der Waals surface area contributed by atoms with E-state index in [0.29, 0.717) is 0 Å². The number of rotatable bonds is 0. The number of hydrogen-bond acceptors (Lipinski definition) is 0. The van der Waals surface area contributed by atoms with Gasteiger partial charge in [-0.25, -0.2) is 0 Å². The van der Waals surface area contributed by atoms with Crippen molar-refractivity contribution in [2.24, 2.45) is 0 Å². The highest BCUT2D eigenvalue weighted by Gasteiger charge is 2.21. The lowest BCUT2D eigenvalue weighted by Crippen LogP contribution is -2.01. The van der Waals surface area contributed by atoms with E-state index >= 15 is 0 Å². The van der Waals surface area contributed by atoms with Crippen molar-refractivity contribution >= 4 is 32.3 Å². The van der Waals surface area contributed by atoms with Gasteiger partial charge in [0.2, 0.25) is 0 Å². The summed E-state index contributed by atoms with van der Waals surface area (Å²) < 4.78 is 0. The van der Waals surface area contributed by atoms with Gasteiger partial charge in [0, 0.05) is 0 Å². The minimum absolute atomic E-state index is 1.43. The number of hydrogen-bond donors (Lipinski definition) is 0. The van der Waals surface area contributed by atoms with Gasteiger partial charge in [-0.1, -0.05) is 12.1 Å². The van der Waals surface area contributed by atoms with Gasteiger partial charge in [0.25, 0.3) is 0 Å². The second-order valence-corrected chi connectivity index (χ2v) is 7.66. The molecule has 0 heteroatoms. The normalized spacial score (nSPS) is 12.2. The highest BCUT2D eigenvalue weighted by atomic mass is 14.2. The summed E-state index contributed by atoms with van der Waals surface area (Å²) >= 11 is 0. The zero-order chi connectivity index (χ0) is 17.5. The molecule has 0 atom stereocenters. The summed E-state index contributed by atoms with van der Waals surface area (Å²) in [6.07, 6.45) is 0. The van der Waals surface area contributed by atoms with Crippen LogP contribution in [-0.2, 0) is 0 Å². The van der Waals surface area contributed by atoms with Crippen LogP contribution in [0.2, 0.25) is 0 Å². The van der Waals surface area contributed by atoms with Crippen molar-refractivity contribution in [2.45, 2.75) is 55.4 Å². The molecule has 0 heterocycles. The van der Waals surface area contributed by atoms with Crippen LogP contribution in [0, 0.1) is 55.4 Å². The van der Waals surface area contributed by atoms with Crippen LogP contribution >= 0.6 is 0 Å². The Balaban J connectivity index is 2.55. The summed E-state index contributed by atoms with van der Waals surface area (Å²) in [6.45, 7) is 18.3. The third-order valence-electron chi connectivity index (χ3n) is 6.83. The van der Waals surface area contributed by atoms with E-state index in [4.69, 9.17) is 0 Å². The van der Waals surface area contributed by atoms with Gasteiger partial charge < -0.3 is 0 Å². The van der Waals surface area contributed by atoms with Crippen molar-refractivity contribution in [3.63, 3.8) is 0 Å². The Labute approximate surface area is 144 Å². The molecule has 0 spiro atoms. The Kier molecular flexibility index (Phi) is 3.04. The van der Waals surface area contributed by atoms with Crippen LogP contribution in [0.25, 0.3) is 32.3 Å². The summed E-state index contributed by atoms with van der Waals surface area (Å²) in [5.74, 6) is 0. The Morgan fingerprint density at radius 2 is 0.625 bits per heavy atom. The fourth-order valence-corrected chi connectivity index (χ4v) is 4.78. The molecule has 0 aliphatic carbocycles. The molecule has 0 amide bonds. The van der Waals surface area contributed by atoms with Gasteiger partial charge in [-0.05, 0) is 132 Å². The van der Waals surface area contributed by atoms with Crippen LogP contribution in [-0.4, -0.2) is 0 Å². The molecule has 0 fully saturated rings. The molecule has 0 aromatic heterocycles. The maximum Gasteiger partial charge on any atom is -0.00182 e. The summed E-state index contributed by atoms with van der Waals surface area (Å²) in [5, 5.41) is 8.78. The van der Waals surface area contributed by atoms with E-state index in [-0.39, 0.29) is 0 Å². The zero-order valence-electron chi connectivity index (χ0n) is 16.2. The van der Waals surface area contributed by atoms with Crippen LogP contribution in [0.3, 0.4) is 0 Å². The Bertz CT molecular complexity index is 1060. The monoisotopic (exact) mass is 314 g/mol. The largest absolute Gasteiger partial charge is 0.0534 e. The van der Waals surface area contributed by atoms with E-state index in [1.807, 2.05) is 0 Å². The predicted molar refractivity (Wildman–Crippen MR) is 108 cm³/mol. The van der Waals surface area contributed by atoms with E-state index < -0.39 is 0 Å². The molecule has 24 heavy (non-hydrogen) atoms. The Morgan fingerprint density at radius 1 is 0.333 bits per heavy atom. The molecular formula is C24H26. The van der Waals surface area contributed by atoms with Crippen molar-refractivity contribution in [1.82, 2.24) is 0 Å². The van der Waals surface area contributed by atoms with Crippen molar-refractivity contribution in [3.05, 3.63) is 56.6 Å². The van der Waals surface area contributed by atoms with E-state index in [0.717, 1.165) is 0 Å². The lowest BCUT2D eigenvalue weighted by molar-refractivity contribution is 1.28. The summed E-state index contributed by atoms with van der Waals surface area (Å²) in [6, 6.07) is 4.70.